The Morgan fingerprint density at radius 1 is 1.33 bits per heavy atom. The second-order valence-corrected chi connectivity index (χ2v) is 4.85. The molecule has 0 aromatic carbocycles. The van der Waals surface area contributed by atoms with Crippen LogP contribution in [-0.2, 0) is 28.6 Å². The fraction of sp³-hybridized carbons (Fsp3) is 0.500. The molecule has 2 atom stereocenters. The van der Waals surface area contributed by atoms with Crippen molar-refractivity contribution in [2.24, 2.45) is 0 Å². The van der Waals surface area contributed by atoms with Gasteiger partial charge in [-0.25, -0.2) is 8.39 Å². The van der Waals surface area contributed by atoms with Crippen LogP contribution in [0, 0.1) is 0 Å². The number of hydrogen-bond donors (Lipinski definition) is 1. The number of halogens is 2. The second-order valence-electron chi connectivity index (χ2n) is 1.63. The van der Waals surface area contributed by atoms with Crippen molar-refractivity contribution >= 4 is 24.7 Å². The van der Waals surface area contributed by atoms with Crippen molar-refractivity contribution < 1.29 is 34.3 Å². The van der Waals surface area contributed by atoms with Crippen molar-refractivity contribution in [3.05, 3.63) is 0 Å². The summed E-state index contributed by atoms with van der Waals surface area (Å²) < 4.78 is 67.8. The Kier molecular flexibility index (Phi) is 2.12. The molecule has 10 heteroatoms. The SMILES string of the molecule is O=S1(=O)OC(F)OS(=O)(O)=C1F. The van der Waals surface area contributed by atoms with Gasteiger partial charge in [0, 0.05) is 0 Å². The van der Waals surface area contributed by atoms with E-state index in [-0.39, 0.29) is 0 Å². The van der Waals surface area contributed by atoms with Crippen LogP contribution in [0.2, 0.25) is 0 Å². The molecule has 1 N–H and O–H groups in total. The highest BCUT2D eigenvalue weighted by Crippen LogP contribution is 2.17. The molecule has 0 aliphatic carbocycles. The summed E-state index contributed by atoms with van der Waals surface area (Å²) in [6, 6.07) is 0. The van der Waals surface area contributed by atoms with Gasteiger partial charge in [-0.05, 0) is 0 Å². The summed E-state index contributed by atoms with van der Waals surface area (Å²) in [5.41, 5.74) is 0. The predicted molar refractivity (Wildman–Crippen MR) is 32.9 cm³/mol. The first-order valence-corrected chi connectivity index (χ1v) is 5.15. The van der Waals surface area contributed by atoms with Crippen molar-refractivity contribution in [2.75, 3.05) is 0 Å². The largest absolute Gasteiger partial charge is 0.344 e. The van der Waals surface area contributed by atoms with E-state index in [2.05, 4.69) is 8.37 Å². The molecule has 0 aromatic heterocycles. The molecule has 1 aliphatic heterocycles. The molecule has 0 saturated heterocycles. The van der Waals surface area contributed by atoms with Gasteiger partial charge in [-0.1, -0.05) is 0 Å². The normalized spacial score (nSPS) is 41.2. The Bertz CT molecular complexity index is 401. The van der Waals surface area contributed by atoms with Crippen LogP contribution < -0.4 is 0 Å². The molecule has 6 nitrogen and oxygen atoms in total. The third kappa shape index (κ3) is 1.56. The molecule has 0 saturated carbocycles. The van der Waals surface area contributed by atoms with Crippen molar-refractivity contribution in [3.63, 3.8) is 0 Å². The van der Waals surface area contributed by atoms with Gasteiger partial charge in [0.15, 0.2) is 0 Å². The van der Waals surface area contributed by atoms with Gasteiger partial charge >= 0.3 is 21.1 Å². The van der Waals surface area contributed by atoms with Gasteiger partial charge in [-0.2, -0.15) is 21.4 Å². The third-order valence-corrected chi connectivity index (χ3v) is 3.67. The molecule has 0 fully saturated rings. The van der Waals surface area contributed by atoms with Crippen molar-refractivity contribution in [1.82, 2.24) is 0 Å². The molecule has 0 spiro atoms. The van der Waals surface area contributed by atoms with Gasteiger partial charge in [0.25, 0.3) is 10.1 Å². The van der Waals surface area contributed by atoms with Crippen LogP contribution in [0.5, 0.6) is 0 Å². The van der Waals surface area contributed by atoms with E-state index in [9.17, 15) is 21.4 Å². The Balaban J connectivity index is 3.43. The fourth-order valence-electron chi connectivity index (χ4n) is 0.423. The molecule has 0 aromatic rings. The van der Waals surface area contributed by atoms with Gasteiger partial charge in [0.2, 0.25) is 0 Å². The van der Waals surface area contributed by atoms with Crippen LogP contribution >= 0.6 is 0 Å². The Labute approximate surface area is 66.2 Å². The van der Waals surface area contributed by atoms with Gasteiger partial charge in [0.1, 0.15) is 0 Å². The van der Waals surface area contributed by atoms with Crippen LogP contribution in [0.1, 0.15) is 0 Å². The predicted octanol–water partition coefficient (Wildman–Crippen LogP) is -0.655. The fourth-order valence-corrected chi connectivity index (χ4v) is 2.37. The Morgan fingerprint density at radius 2 is 1.83 bits per heavy atom. The Morgan fingerprint density at radius 3 is 2.25 bits per heavy atom. The number of hydrogen-bond acceptors (Lipinski definition) is 5. The summed E-state index contributed by atoms with van der Waals surface area (Å²) in [6.07, 6.45) is 0. The van der Waals surface area contributed by atoms with Crippen molar-refractivity contribution in [2.45, 2.75) is 6.54 Å². The average Bonchev–Trinajstić information content (AvgIpc) is 1.80. The number of alkyl halides is 1. The van der Waals surface area contributed by atoms with Crippen molar-refractivity contribution in [3.8, 4) is 0 Å². The number of rotatable bonds is 0. The quantitative estimate of drug-likeness (QED) is 0.334. The summed E-state index contributed by atoms with van der Waals surface area (Å²) >= 11 is 0. The van der Waals surface area contributed by atoms with E-state index < -0.39 is 31.2 Å². The van der Waals surface area contributed by atoms with Crippen molar-refractivity contribution in [1.29, 1.82) is 0 Å². The lowest BCUT2D eigenvalue weighted by molar-refractivity contribution is -0.0920. The van der Waals surface area contributed by atoms with E-state index in [0.717, 1.165) is 0 Å². The third-order valence-electron chi connectivity index (χ3n) is 0.808. The molecular formula is C2H2F2O6S2. The zero-order valence-corrected chi connectivity index (χ0v) is 6.77. The molecule has 0 bridgehead atoms. The van der Waals surface area contributed by atoms with Gasteiger partial charge < -0.3 is 0 Å². The minimum Gasteiger partial charge on any atom is -0.290 e. The van der Waals surface area contributed by atoms with E-state index in [4.69, 9.17) is 4.55 Å². The first-order valence-electron chi connectivity index (χ1n) is 2.30. The zero-order chi connectivity index (χ0) is 9.57. The molecule has 1 rings (SSSR count). The van der Waals surface area contributed by atoms with E-state index in [0.29, 0.717) is 0 Å². The van der Waals surface area contributed by atoms with Crippen LogP contribution in [-0.4, -0.2) is 28.2 Å². The standard InChI is InChI=1S/C2H2F2O6S2/c3-1-9-11(5,6)2(4)12(7,8)10-1/h1H,(H,5,6). The maximum absolute atomic E-state index is 12.3. The van der Waals surface area contributed by atoms with E-state index >= 15 is 0 Å². The maximum atomic E-state index is 12.3. The lowest BCUT2D eigenvalue weighted by Crippen LogP contribution is -2.34. The summed E-state index contributed by atoms with van der Waals surface area (Å²) in [5, 5.41) is 0. The minimum atomic E-state index is -5.09. The molecule has 12 heavy (non-hydrogen) atoms. The van der Waals surface area contributed by atoms with Crippen LogP contribution in [0.25, 0.3) is 0 Å². The maximum Gasteiger partial charge on any atom is 0.344 e. The van der Waals surface area contributed by atoms with Gasteiger partial charge in [-0.15, -0.1) is 0 Å². The highest BCUT2D eigenvalue weighted by atomic mass is 32.3. The molecular weight excluding hydrogens is 222 g/mol. The first-order chi connectivity index (χ1) is 5.26. The monoisotopic (exact) mass is 224 g/mol. The average molecular weight is 224 g/mol. The summed E-state index contributed by atoms with van der Waals surface area (Å²) in [5.74, 6) is 0. The second kappa shape index (κ2) is 2.60. The molecule has 0 radical (unpaired) electrons. The van der Waals surface area contributed by atoms with Crippen LogP contribution in [0.15, 0.2) is 0 Å². The lowest BCUT2D eigenvalue weighted by Gasteiger charge is -2.15. The molecule has 72 valence electrons. The van der Waals surface area contributed by atoms with Crippen LogP contribution in [0.4, 0.5) is 8.78 Å². The first kappa shape index (κ1) is 9.80. The van der Waals surface area contributed by atoms with Gasteiger partial charge in [0.05, 0.1) is 0 Å². The zero-order valence-electron chi connectivity index (χ0n) is 5.14. The topological polar surface area (TPSA) is 89.9 Å². The Hall–Kier alpha value is -0.290. The highest BCUT2D eigenvalue weighted by Gasteiger charge is 2.39. The summed E-state index contributed by atoms with van der Waals surface area (Å²) in [6.45, 7) is -2.97. The minimum absolute atomic E-state index is 2.44. The smallest absolute Gasteiger partial charge is 0.290 e. The van der Waals surface area contributed by atoms with E-state index in [1.54, 1.807) is 0 Å². The molecule has 0 amide bonds. The lowest BCUT2D eigenvalue weighted by atomic mass is 11.4. The van der Waals surface area contributed by atoms with E-state index in [1.807, 2.05) is 0 Å². The summed E-state index contributed by atoms with van der Waals surface area (Å²) in [4.78, 5) is 0. The highest BCUT2D eigenvalue weighted by molar-refractivity contribution is 8.17. The molecule has 1 aliphatic rings. The molecule has 1 heterocycles. The van der Waals surface area contributed by atoms with Gasteiger partial charge in [-0.3, -0.25) is 4.55 Å². The molecule has 2 unspecified atom stereocenters. The van der Waals surface area contributed by atoms with Crippen LogP contribution in [0.3, 0.4) is 0 Å². The van der Waals surface area contributed by atoms with E-state index in [1.165, 1.54) is 0 Å². The summed E-state index contributed by atoms with van der Waals surface area (Å²) in [7, 11) is -10.00.